The average molecular weight is 281 g/mol. The lowest BCUT2D eigenvalue weighted by atomic mass is 10.2. The van der Waals surface area contributed by atoms with Crippen LogP contribution in [0.1, 0.15) is 36.6 Å². The first-order valence-corrected chi connectivity index (χ1v) is 7.27. The lowest BCUT2D eigenvalue weighted by Gasteiger charge is -2.24. The minimum Gasteiger partial charge on any atom is -0.392 e. The minimum absolute atomic E-state index is 0.0138. The van der Waals surface area contributed by atoms with E-state index < -0.39 is 0 Å². The monoisotopic (exact) mass is 281 g/mol. The molecule has 2 aliphatic rings. The second-order valence-corrected chi connectivity index (χ2v) is 5.95. The van der Waals surface area contributed by atoms with E-state index in [1.807, 2.05) is 0 Å². The van der Waals surface area contributed by atoms with Gasteiger partial charge in [-0.3, -0.25) is 4.90 Å². The quantitative estimate of drug-likeness (QED) is 0.775. The van der Waals surface area contributed by atoms with Gasteiger partial charge in [-0.05, 0) is 40.0 Å². The molecule has 0 radical (unpaired) electrons. The van der Waals surface area contributed by atoms with Crippen LogP contribution < -0.4 is 5.32 Å². The summed E-state index contributed by atoms with van der Waals surface area (Å²) in [6.07, 6.45) is 1.48. The van der Waals surface area contributed by atoms with Gasteiger partial charge in [0, 0.05) is 13.1 Å². The van der Waals surface area contributed by atoms with Gasteiger partial charge in [0.2, 0.25) is 5.89 Å². The Morgan fingerprint density at radius 2 is 2.20 bits per heavy atom. The Morgan fingerprint density at radius 3 is 2.95 bits per heavy atom. The van der Waals surface area contributed by atoms with Gasteiger partial charge in [0.1, 0.15) is 0 Å². The van der Waals surface area contributed by atoms with Gasteiger partial charge in [-0.15, -0.1) is 0 Å². The number of aliphatic hydroxyl groups excluding tert-OH is 1. The first-order valence-electron chi connectivity index (χ1n) is 7.27. The van der Waals surface area contributed by atoms with Gasteiger partial charge in [-0.2, -0.15) is 4.98 Å². The zero-order valence-electron chi connectivity index (χ0n) is 12.1. The molecular formula is C13H23N5O2. The predicted octanol–water partition coefficient (Wildman–Crippen LogP) is -0.227. The van der Waals surface area contributed by atoms with E-state index in [1.165, 1.54) is 0 Å². The Kier molecular flexibility index (Phi) is 4.02. The zero-order chi connectivity index (χ0) is 14.1. The number of β-amino-alcohol motifs (C(OH)–C–C–N with tert-alkyl or cyclic N) is 1. The van der Waals surface area contributed by atoms with Crippen LogP contribution in [0.15, 0.2) is 4.52 Å². The minimum atomic E-state index is -0.318. The van der Waals surface area contributed by atoms with Crippen LogP contribution in [0.5, 0.6) is 0 Å². The maximum Gasteiger partial charge on any atom is 0.243 e. The first kappa shape index (κ1) is 13.9. The topological polar surface area (TPSA) is 77.7 Å². The molecule has 0 bridgehead atoms. The van der Waals surface area contributed by atoms with Gasteiger partial charge in [0.25, 0.3) is 0 Å². The molecule has 20 heavy (non-hydrogen) atoms. The fraction of sp³-hybridized carbons (Fsp3) is 0.846. The summed E-state index contributed by atoms with van der Waals surface area (Å²) in [4.78, 5) is 9.15. The fourth-order valence-corrected chi connectivity index (χ4v) is 2.98. The number of nitrogens with one attached hydrogen (secondary N) is 1. The van der Waals surface area contributed by atoms with Crippen LogP contribution in [-0.2, 0) is 0 Å². The zero-order valence-corrected chi connectivity index (χ0v) is 12.1. The standard InChI is InChI=1S/C13H23N5O2/c1-17-4-3-5-18(2)11(8-17)12-15-13(20-16-12)10-6-9(19)7-14-10/h9-11,14,19H,3-8H2,1-2H3/t9-,10-,11?/m0/s1. The highest BCUT2D eigenvalue weighted by Gasteiger charge is 2.31. The maximum absolute atomic E-state index is 9.56. The second-order valence-electron chi connectivity index (χ2n) is 5.95. The van der Waals surface area contributed by atoms with Crippen molar-refractivity contribution in [1.82, 2.24) is 25.3 Å². The molecule has 3 atom stereocenters. The molecule has 2 aliphatic heterocycles. The summed E-state index contributed by atoms with van der Waals surface area (Å²) < 4.78 is 5.39. The van der Waals surface area contributed by atoms with Crippen molar-refractivity contribution in [3.8, 4) is 0 Å². The molecule has 2 N–H and O–H groups in total. The smallest absolute Gasteiger partial charge is 0.243 e. The number of aromatic nitrogens is 2. The molecule has 0 saturated carbocycles. The summed E-state index contributed by atoms with van der Waals surface area (Å²) in [6, 6.07) is 0.159. The summed E-state index contributed by atoms with van der Waals surface area (Å²) in [6.45, 7) is 3.64. The number of hydrogen-bond acceptors (Lipinski definition) is 7. The highest BCUT2D eigenvalue weighted by molar-refractivity contribution is 5.02. The molecule has 7 nitrogen and oxygen atoms in total. The van der Waals surface area contributed by atoms with E-state index in [2.05, 4.69) is 39.4 Å². The third kappa shape index (κ3) is 2.85. The van der Waals surface area contributed by atoms with Crippen LogP contribution in [0.25, 0.3) is 0 Å². The molecule has 1 unspecified atom stereocenters. The van der Waals surface area contributed by atoms with Crippen molar-refractivity contribution in [2.45, 2.75) is 31.0 Å². The van der Waals surface area contributed by atoms with Gasteiger partial charge < -0.3 is 19.8 Å². The molecule has 0 amide bonds. The SMILES string of the molecule is CN1CCCN(C)C(c2noc([C@@H]3C[C@H](O)CN3)n2)C1. The Morgan fingerprint density at radius 1 is 1.35 bits per heavy atom. The molecule has 1 aromatic rings. The van der Waals surface area contributed by atoms with Crippen LogP contribution >= 0.6 is 0 Å². The molecule has 3 rings (SSSR count). The summed E-state index contributed by atoms with van der Waals surface area (Å²) in [5, 5.41) is 16.9. The third-order valence-corrected chi connectivity index (χ3v) is 4.23. The summed E-state index contributed by atoms with van der Waals surface area (Å²) in [5.74, 6) is 1.34. The summed E-state index contributed by atoms with van der Waals surface area (Å²) >= 11 is 0. The van der Waals surface area contributed by atoms with Crippen LogP contribution in [0, 0.1) is 0 Å². The molecule has 0 aliphatic carbocycles. The Labute approximate surface area is 118 Å². The molecule has 7 heteroatoms. The number of nitrogens with zero attached hydrogens (tertiary/aromatic N) is 4. The first-order chi connectivity index (χ1) is 9.63. The van der Waals surface area contributed by atoms with E-state index in [0.29, 0.717) is 18.9 Å². The Hall–Kier alpha value is -1.02. The molecule has 3 heterocycles. The maximum atomic E-state index is 9.56. The van der Waals surface area contributed by atoms with E-state index in [-0.39, 0.29) is 18.2 Å². The molecule has 0 aromatic carbocycles. The highest BCUT2D eigenvalue weighted by atomic mass is 16.5. The molecule has 0 spiro atoms. The molecule has 1 aromatic heterocycles. The molecule has 2 saturated heterocycles. The molecular weight excluding hydrogens is 258 g/mol. The van der Waals surface area contributed by atoms with Gasteiger partial charge >= 0.3 is 0 Å². The lowest BCUT2D eigenvalue weighted by molar-refractivity contribution is 0.190. The number of aliphatic hydroxyl groups is 1. The van der Waals surface area contributed by atoms with Crippen molar-refractivity contribution >= 4 is 0 Å². The van der Waals surface area contributed by atoms with Gasteiger partial charge in [-0.1, -0.05) is 5.16 Å². The van der Waals surface area contributed by atoms with Crippen molar-refractivity contribution in [2.24, 2.45) is 0 Å². The Bertz CT molecular complexity index is 452. The van der Waals surface area contributed by atoms with Crippen LogP contribution in [0.4, 0.5) is 0 Å². The van der Waals surface area contributed by atoms with E-state index in [4.69, 9.17) is 4.52 Å². The van der Waals surface area contributed by atoms with E-state index in [9.17, 15) is 5.11 Å². The van der Waals surface area contributed by atoms with Crippen molar-refractivity contribution in [2.75, 3.05) is 40.3 Å². The predicted molar refractivity (Wildman–Crippen MR) is 73.2 cm³/mol. The summed E-state index contributed by atoms with van der Waals surface area (Å²) in [5.41, 5.74) is 0. The average Bonchev–Trinajstić information content (AvgIpc) is 3.01. The van der Waals surface area contributed by atoms with E-state index in [1.54, 1.807) is 0 Å². The summed E-state index contributed by atoms with van der Waals surface area (Å²) in [7, 11) is 4.24. The Balaban J connectivity index is 1.74. The normalized spacial score (nSPS) is 33.5. The number of hydrogen-bond donors (Lipinski definition) is 2. The van der Waals surface area contributed by atoms with Crippen LogP contribution in [0.3, 0.4) is 0 Å². The number of likely N-dealkylation sites (N-methyl/N-ethyl adjacent to an activating group) is 2. The van der Waals surface area contributed by atoms with Crippen molar-refractivity contribution in [1.29, 1.82) is 0 Å². The van der Waals surface area contributed by atoms with Crippen molar-refractivity contribution in [3.05, 3.63) is 11.7 Å². The van der Waals surface area contributed by atoms with E-state index >= 15 is 0 Å². The largest absolute Gasteiger partial charge is 0.392 e. The third-order valence-electron chi connectivity index (χ3n) is 4.23. The second kappa shape index (κ2) is 5.77. The van der Waals surface area contributed by atoms with Crippen molar-refractivity contribution in [3.63, 3.8) is 0 Å². The van der Waals surface area contributed by atoms with Crippen LogP contribution in [-0.4, -0.2) is 71.4 Å². The van der Waals surface area contributed by atoms with Gasteiger partial charge in [0.05, 0.1) is 18.2 Å². The lowest BCUT2D eigenvalue weighted by Crippen LogP contribution is -2.31. The molecule has 112 valence electrons. The molecule has 2 fully saturated rings. The van der Waals surface area contributed by atoms with Crippen molar-refractivity contribution < 1.29 is 9.63 Å². The van der Waals surface area contributed by atoms with Crippen LogP contribution in [0.2, 0.25) is 0 Å². The highest BCUT2D eigenvalue weighted by Crippen LogP contribution is 2.25. The fourth-order valence-electron chi connectivity index (χ4n) is 2.98. The van der Waals surface area contributed by atoms with Gasteiger partial charge in [-0.25, -0.2) is 0 Å². The number of rotatable bonds is 2. The van der Waals surface area contributed by atoms with E-state index in [0.717, 1.165) is 31.9 Å². The van der Waals surface area contributed by atoms with Gasteiger partial charge in [0.15, 0.2) is 5.82 Å².